The first-order chi connectivity index (χ1) is 11.7. The van der Waals surface area contributed by atoms with Crippen molar-refractivity contribution in [2.75, 3.05) is 38.0 Å². The van der Waals surface area contributed by atoms with Crippen molar-refractivity contribution in [3.8, 4) is 0 Å². The summed E-state index contributed by atoms with van der Waals surface area (Å²) in [7, 11) is 0. The van der Waals surface area contributed by atoms with Gasteiger partial charge in [-0.3, -0.25) is 14.6 Å². The second-order valence-electron chi connectivity index (χ2n) is 5.86. The second kappa shape index (κ2) is 8.32. The number of nitrogens with zero attached hydrogens (tertiary/aromatic N) is 3. The van der Waals surface area contributed by atoms with Crippen molar-refractivity contribution in [3.05, 3.63) is 46.7 Å². The summed E-state index contributed by atoms with van der Waals surface area (Å²) in [5.74, 6) is -0.579. The maximum absolute atomic E-state index is 13.6. The summed E-state index contributed by atoms with van der Waals surface area (Å²) in [6.45, 7) is 4.78. The highest BCUT2D eigenvalue weighted by Gasteiger charge is 2.18. The van der Waals surface area contributed by atoms with Gasteiger partial charge in [0.2, 0.25) is 5.91 Å². The summed E-state index contributed by atoms with van der Waals surface area (Å²) in [6, 6.07) is 6.24. The number of thiazole rings is 1. The van der Waals surface area contributed by atoms with Crippen LogP contribution in [0.2, 0.25) is 0 Å². The van der Waals surface area contributed by atoms with Gasteiger partial charge >= 0.3 is 0 Å². The Morgan fingerprint density at radius 1 is 1.21 bits per heavy atom. The van der Waals surface area contributed by atoms with Gasteiger partial charge in [0, 0.05) is 24.7 Å². The number of para-hydroxylation sites is 1. The third kappa shape index (κ3) is 4.83. The predicted molar refractivity (Wildman–Crippen MR) is 93.5 cm³/mol. The van der Waals surface area contributed by atoms with Crippen LogP contribution in [-0.2, 0) is 11.3 Å². The lowest BCUT2D eigenvalue weighted by Crippen LogP contribution is -2.36. The first kappa shape index (κ1) is 17.0. The number of benzene rings is 1. The van der Waals surface area contributed by atoms with Crippen molar-refractivity contribution in [1.29, 1.82) is 0 Å². The Labute approximate surface area is 145 Å². The molecule has 0 spiro atoms. The van der Waals surface area contributed by atoms with Crippen LogP contribution in [-0.4, -0.2) is 53.4 Å². The monoisotopic (exact) mass is 348 g/mol. The van der Waals surface area contributed by atoms with Gasteiger partial charge in [-0.15, -0.1) is 11.3 Å². The molecule has 1 aromatic heterocycles. The Hall–Kier alpha value is -1.83. The van der Waals surface area contributed by atoms with E-state index in [2.05, 4.69) is 20.1 Å². The van der Waals surface area contributed by atoms with E-state index >= 15 is 0 Å². The SMILES string of the molecule is O=C(CN1CCCN(Cc2nccs2)CC1)Nc1ccccc1F. The van der Waals surface area contributed by atoms with E-state index in [-0.39, 0.29) is 11.6 Å². The van der Waals surface area contributed by atoms with Crippen molar-refractivity contribution < 1.29 is 9.18 Å². The standard InChI is InChI=1S/C17H21FN4OS/c18-14-4-1-2-5-15(14)20-16(23)12-21-7-3-8-22(10-9-21)13-17-19-6-11-24-17/h1-2,4-6,11H,3,7-10,12-13H2,(H,20,23). The van der Waals surface area contributed by atoms with Crippen LogP contribution in [0.3, 0.4) is 0 Å². The van der Waals surface area contributed by atoms with E-state index in [1.165, 1.54) is 6.07 Å². The molecule has 7 heteroatoms. The van der Waals surface area contributed by atoms with Gasteiger partial charge in [0.1, 0.15) is 10.8 Å². The minimum atomic E-state index is -0.406. The molecule has 2 heterocycles. The van der Waals surface area contributed by atoms with Gasteiger partial charge in [0.05, 0.1) is 18.8 Å². The Kier molecular flexibility index (Phi) is 5.90. The second-order valence-corrected chi connectivity index (χ2v) is 6.84. The smallest absolute Gasteiger partial charge is 0.238 e. The highest BCUT2D eigenvalue weighted by Crippen LogP contribution is 2.13. The molecule has 128 valence electrons. The van der Waals surface area contributed by atoms with Crippen molar-refractivity contribution in [2.24, 2.45) is 0 Å². The molecule has 24 heavy (non-hydrogen) atoms. The maximum atomic E-state index is 13.6. The van der Waals surface area contributed by atoms with Crippen LogP contribution in [0.4, 0.5) is 10.1 Å². The van der Waals surface area contributed by atoms with E-state index in [0.717, 1.165) is 44.2 Å². The first-order valence-corrected chi connectivity index (χ1v) is 8.96. The molecule has 1 amide bonds. The van der Waals surface area contributed by atoms with Crippen LogP contribution in [0.1, 0.15) is 11.4 Å². The quantitative estimate of drug-likeness (QED) is 0.902. The molecule has 1 aromatic carbocycles. The average Bonchev–Trinajstić information content (AvgIpc) is 2.97. The van der Waals surface area contributed by atoms with Gasteiger partial charge in [-0.1, -0.05) is 12.1 Å². The van der Waals surface area contributed by atoms with Crippen LogP contribution in [0.5, 0.6) is 0 Å². The molecule has 1 N–H and O–H groups in total. The number of hydrogen-bond acceptors (Lipinski definition) is 5. The molecule has 0 saturated carbocycles. The zero-order valence-corrected chi connectivity index (χ0v) is 14.3. The minimum Gasteiger partial charge on any atom is -0.322 e. The highest BCUT2D eigenvalue weighted by molar-refractivity contribution is 7.09. The molecule has 2 aromatic rings. The fraction of sp³-hybridized carbons (Fsp3) is 0.412. The van der Waals surface area contributed by atoms with Crippen LogP contribution in [0.15, 0.2) is 35.8 Å². The molecule has 0 unspecified atom stereocenters. The van der Waals surface area contributed by atoms with Crippen molar-refractivity contribution in [3.63, 3.8) is 0 Å². The van der Waals surface area contributed by atoms with E-state index in [1.807, 2.05) is 11.6 Å². The number of carbonyl (C=O) groups excluding carboxylic acids is 1. The molecule has 0 aliphatic carbocycles. The van der Waals surface area contributed by atoms with E-state index in [4.69, 9.17) is 0 Å². The van der Waals surface area contributed by atoms with Crippen molar-refractivity contribution in [1.82, 2.24) is 14.8 Å². The molecule has 1 fully saturated rings. The van der Waals surface area contributed by atoms with Gasteiger partial charge in [0.15, 0.2) is 0 Å². The lowest BCUT2D eigenvalue weighted by atomic mass is 10.3. The van der Waals surface area contributed by atoms with Gasteiger partial charge in [-0.05, 0) is 31.6 Å². The maximum Gasteiger partial charge on any atom is 0.238 e. The van der Waals surface area contributed by atoms with Crippen molar-refractivity contribution in [2.45, 2.75) is 13.0 Å². The number of halogens is 1. The number of nitrogens with one attached hydrogen (secondary N) is 1. The number of anilines is 1. The first-order valence-electron chi connectivity index (χ1n) is 8.08. The van der Waals surface area contributed by atoms with Gasteiger partial charge in [-0.2, -0.15) is 0 Å². The third-order valence-corrected chi connectivity index (χ3v) is 4.80. The highest BCUT2D eigenvalue weighted by atomic mass is 32.1. The number of rotatable bonds is 5. The van der Waals surface area contributed by atoms with E-state index in [0.29, 0.717) is 6.54 Å². The molecular formula is C17H21FN4OS. The van der Waals surface area contributed by atoms with E-state index in [1.54, 1.807) is 29.5 Å². The Balaban J connectivity index is 1.47. The summed E-state index contributed by atoms with van der Waals surface area (Å²) >= 11 is 1.67. The average molecular weight is 348 g/mol. The molecule has 0 radical (unpaired) electrons. The predicted octanol–water partition coefficient (Wildman–Crippen LogP) is 2.43. The fourth-order valence-corrected chi connectivity index (χ4v) is 3.48. The summed E-state index contributed by atoms with van der Waals surface area (Å²) in [6.07, 6.45) is 2.84. The molecule has 0 atom stereocenters. The molecule has 1 aliphatic rings. The lowest BCUT2D eigenvalue weighted by Gasteiger charge is -2.20. The third-order valence-electron chi connectivity index (χ3n) is 4.04. The normalized spacial score (nSPS) is 16.7. The number of amides is 1. The van der Waals surface area contributed by atoms with Crippen LogP contribution >= 0.6 is 11.3 Å². The van der Waals surface area contributed by atoms with E-state index < -0.39 is 5.82 Å². The number of hydrogen-bond donors (Lipinski definition) is 1. The number of carbonyl (C=O) groups is 1. The van der Waals surface area contributed by atoms with Crippen molar-refractivity contribution >= 4 is 22.9 Å². The number of aromatic nitrogens is 1. The molecule has 3 rings (SSSR count). The molecule has 1 aliphatic heterocycles. The summed E-state index contributed by atoms with van der Waals surface area (Å²) < 4.78 is 13.6. The Morgan fingerprint density at radius 3 is 2.79 bits per heavy atom. The Bertz CT molecular complexity index is 664. The van der Waals surface area contributed by atoms with Crippen LogP contribution in [0.25, 0.3) is 0 Å². The van der Waals surface area contributed by atoms with Gasteiger partial charge in [-0.25, -0.2) is 9.37 Å². The fourth-order valence-electron chi connectivity index (χ4n) is 2.82. The largest absolute Gasteiger partial charge is 0.322 e. The molecule has 1 saturated heterocycles. The zero-order chi connectivity index (χ0) is 16.8. The lowest BCUT2D eigenvalue weighted by molar-refractivity contribution is -0.117. The van der Waals surface area contributed by atoms with Crippen LogP contribution in [0, 0.1) is 5.82 Å². The van der Waals surface area contributed by atoms with Crippen LogP contribution < -0.4 is 5.32 Å². The summed E-state index contributed by atoms with van der Waals surface area (Å²) in [4.78, 5) is 21.0. The molecule has 5 nitrogen and oxygen atoms in total. The minimum absolute atomic E-state index is 0.173. The summed E-state index contributed by atoms with van der Waals surface area (Å²) in [5.41, 5.74) is 0.239. The van der Waals surface area contributed by atoms with Gasteiger partial charge < -0.3 is 5.32 Å². The van der Waals surface area contributed by atoms with E-state index in [9.17, 15) is 9.18 Å². The molecule has 0 bridgehead atoms. The van der Waals surface area contributed by atoms with Gasteiger partial charge in [0.25, 0.3) is 0 Å². The molecular weight excluding hydrogens is 327 g/mol. The summed E-state index contributed by atoms with van der Waals surface area (Å²) in [5, 5.41) is 5.77. The zero-order valence-electron chi connectivity index (χ0n) is 13.4. The topological polar surface area (TPSA) is 48.5 Å². The Morgan fingerprint density at radius 2 is 2.00 bits per heavy atom.